The Bertz CT molecular complexity index is 977. The minimum Gasteiger partial charge on any atom is -0.401 e. The molecule has 0 aliphatic heterocycles. The van der Waals surface area contributed by atoms with Crippen LogP contribution in [-0.2, 0) is 11.3 Å². The Morgan fingerprint density at radius 2 is 2.12 bits per heavy atom. The van der Waals surface area contributed by atoms with E-state index in [0.717, 1.165) is 0 Å². The second kappa shape index (κ2) is 7.43. The Balaban J connectivity index is 1.59. The Labute approximate surface area is 146 Å². The number of rotatable bonds is 6. The normalized spacial score (nSPS) is 11.0. The maximum Gasteiger partial charge on any atom is 0.433 e. The van der Waals surface area contributed by atoms with Crippen LogP contribution in [0.5, 0.6) is 0 Å². The maximum atomic E-state index is 13.6. The van der Waals surface area contributed by atoms with Gasteiger partial charge < -0.3 is 9.73 Å². The molecule has 8 nitrogen and oxygen atoms in total. The number of furan rings is 1. The van der Waals surface area contributed by atoms with Crippen molar-refractivity contribution in [2.24, 2.45) is 0 Å². The Kier molecular flexibility index (Phi) is 4.88. The molecular weight excluding hydrogens is 343 g/mol. The van der Waals surface area contributed by atoms with Gasteiger partial charge in [0.2, 0.25) is 5.91 Å². The molecule has 1 N–H and O–H groups in total. The number of anilines is 1. The van der Waals surface area contributed by atoms with Gasteiger partial charge >= 0.3 is 5.88 Å². The Morgan fingerprint density at radius 1 is 1.31 bits per heavy atom. The van der Waals surface area contributed by atoms with Gasteiger partial charge in [0.1, 0.15) is 16.5 Å². The zero-order valence-corrected chi connectivity index (χ0v) is 13.3. The van der Waals surface area contributed by atoms with E-state index in [4.69, 9.17) is 4.42 Å². The molecule has 0 saturated carbocycles. The van der Waals surface area contributed by atoms with Crippen molar-refractivity contribution in [3.05, 3.63) is 82.0 Å². The third-order valence-corrected chi connectivity index (χ3v) is 3.37. The van der Waals surface area contributed by atoms with Gasteiger partial charge in [-0.05, 0) is 18.2 Å². The summed E-state index contributed by atoms with van der Waals surface area (Å²) < 4.78 is 20.0. The summed E-state index contributed by atoms with van der Waals surface area (Å²) in [5, 5.41) is 17.2. The van der Waals surface area contributed by atoms with Crippen molar-refractivity contribution >= 4 is 23.7 Å². The number of carbonyl (C=O) groups is 1. The number of carbonyl (C=O) groups excluding carboxylic acids is 1. The van der Waals surface area contributed by atoms with Crippen molar-refractivity contribution in [2.45, 2.75) is 6.54 Å². The number of nitro groups is 1. The molecule has 0 fully saturated rings. The molecule has 1 amide bonds. The van der Waals surface area contributed by atoms with E-state index in [1.165, 1.54) is 35.0 Å². The van der Waals surface area contributed by atoms with Crippen LogP contribution in [0, 0.1) is 15.9 Å². The molecule has 3 aromatic rings. The fourth-order valence-corrected chi connectivity index (χ4v) is 2.17. The summed E-state index contributed by atoms with van der Waals surface area (Å²) in [6, 6.07) is 10.5. The van der Waals surface area contributed by atoms with Gasteiger partial charge in [0.25, 0.3) is 0 Å². The van der Waals surface area contributed by atoms with Crippen LogP contribution in [0.2, 0.25) is 0 Å². The van der Waals surface area contributed by atoms with Crippen molar-refractivity contribution in [1.82, 2.24) is 9.78 Å². The first-order valence-electron chi connectivity index (χ1n) is 7.51. The summed E-state index contributed by atoms with van der Waals surface area (Å²) in [5.41, 5.74) is 0.479. The number of benzene rings is 1. The highest BCUT2D eigenvalue weighted by Crippen LogP contribution is 2.16. The van der Waals surface area contributed by atoms with Crippen LogP contribution >= 0.6 is 0 Å². The molecule has 3 rings (SSSR count). The van der Waals surface area contributed by atoms with Crippen molar-refractivity contribution in [2.75, 3.05) is 5.32 Å². The number of hydrogen-bond acceptors (Lipinski definition) is 5. The average Bonchev–Trinajstić information content (AvgIpc) is 3.25. The lowest BCUT2D eigenvalue weighted by Gasteiger charge is -2.03. The zero-order valence-electron chi connectivity index (χ0n) is 13.3. The molecule has 9 heteroatoms. The smallest absolute Gasteiger partial charge is 0.401 e. The van der Waals surface area contributed by atoms with Crippen LogP contribution in [0.3, 0.4) is 0 Å². The molecule has 2 heterocycles. The summed E-state index contributed by atoms with van der Waals surface area (Å²) >= 11 is 0. The van der Waals surface area contributed by atoms with Gasteiger partial charge in [-0.2, -0.15) is 5.10 Å². The monoisotopic (exact) mass is 356 g/mol. The summed E-state index contributed by atoms with van der Waals surface area (Å²) in [4.78, 5) is 21.7. The second-order valence-electron chi connectivity index (χ2n) is 5.25. The predicted octanol–water partition coefficient (Wildman–Crippen LogP) is 3.22. The molecular formula is C17H13FN4O4. The standard InChI is InChI=1S/C17H13FN4O4/c18-14-4-2-1-3-12(14)11-21-10-9-15(20-21)19-16(23)7-5-13-6-8-17(26-13)22(24)25/h1-10H,11H2,(H,19,20,23)/b7-5+. The van der Waals surface area contributed by atoms with E-state index < -0.39 is 16.7 Å². The van der Waals surface area contributed by atoms with Crippen LogP contribution in [0.4, 0.5) is 16.1 Å². The molecule has 0 radical (unpaired) electrons. The molecule has 0 spiro atoms. The minimum atomic E-state index is -0.667. The Morgan fingerprint density at radius 3 is 2.85 bits per heavy atom. The van der Waals surface area contributed by atoms with E-state index in [1.807, 2.05) is 0 Å². The van der Waals surface area contributed by atoms with E-state index in [2.05, 4.69) is 10.4 Å². The van der Waals surface area contributed by atoms with Gasteiger partial charge in [-0.25, -0.2) is 4.39 Å². The van der Waals surface area contributed by atoms with Gasteiger partial charge in [0.15, 0.2) is 5.82 Å². The number of aromatic nitrogens is 2. The molecule has 1 aromatic carbocycles. The molecule has 0 aliphatic carbocycles. The quantitative estimate of drug-likeness (QED) is 0.415. The largest absolute Gasteiger partial charge is 0.433 e. The fourth-order valence-electron chi connectivity index (χ4n) is 2.17. The van der Waals surface area contributed by atoms with E-state index in [1.54, 1.807) is 30.5 Å². The van der Waals surface area contributed by atoms with Crippen LogP contribution in [0.15, 0.2) is 59.2 Å². The van der Waals surface area contributed by atoms with Crippen molar-refractivity contribution in [1.29, 1.82) is 0 Å². The summed E-state index contributed by atoms with van der Waals surface area (Å²) in [7, 11) is 0. The molecule has 2 aromatic heterocycles. The summed E-state index contributed by atoms with van der Waals surface area (Å²) in [5.74, 6) is -0.750. The highest BCUT2D eigenvalue weighted by molar-refractivity contribution is 6.01. The first kappa shape index (κ1) is 17.1. The zero-order chi connectivity index (χ0) is 18.5. The number of amides is 1. The van der Waals surface area contributed by atoms with Crippen molar-refractivity contribution < 1.29 is 18.5 Å². The molecule has 0 saturated heterocycles. The van der Waals surface area contributed by atoms with E-state index >= 15 is 0 Å². The van der Waals surface area contributed by atoms with Gasteiger partial charge in [0, 0.05) is 23.9 Å². The van der Waals surface area contributed by atoms with Gasteiger partial charge in [-0.15, -0.1) is 0 Å². The summed E-state index contributed by atoms with van der Waals surface area (Å²) in [6.45, 7) is 0.231. The highest BCUT2D eigenvalue weighted by Gasteiger charge is 2.10. The topological polar surface area (TPSA) is 103 Å². The number of halogens is 1. The highest BCUT2D eigenvalue weighted by atomic mass is 19.1. The van der Waals surface area contributed by atoms with E-state index in [-0.39, 0.29) is 18.1 Å². The van der Waals surface area contributed by atoms with Crippen LogP contribution in [0.25, 0.3) is 6.08 Å². The lowest BCUT2D eigenvalue weighted by Crippen LogP contribution is -2.09. The third-order valence-electron chi connectivity index (χ3n) is 3.37. The van der Waals surface area contributed by atoms with E-state index in [9.17, 15) is 19.3 Å². The first-order valence-corrected chi connectivity index (χ1v) is 7.51. The summed E-state index contributed by atoms with van der Waals surface area (Å²) in [6.07, 6.45) is 4.08. The van der Waals surface area contributed by atoms with Gasteiger partial charge in [-0.1, -0.05) is 18.2 Å². The van der Waals surface area contributed by atoms with Crippen LogP contribution < -0.4 is 5.32 Å². The lowest BCUT2D eigenvalue weighted by molar-refractivity contribution is -0.402. The van der Waals surface area contributed by atoms with Crippen molar-refractivity contribution in [3.8, 4) is 0 Å². The number of hydrogen-bond donors (Lipinski definition) is 1. The number of nitrogens with one attached hydrogen (secondary N) is 1. The second-order valence-corrected chi connectivity index (χ2v) is 5.25. The minimum absolute atomic E-state index is 0.178. The third kappa shape index (κ3) is 4.20. The maximum absolute atomic E-state index is 13.6. The molecule has 0 bridgehead atoms. The van der Waals surface area contributed by atoms with Gasteiger partial charge in [0.05, 0.1) is 12.6 Å². The van der Waals surface area contributed by atoms with Crippen LogP contribution in [0.1, 0.15) is 11.3 Å². The molecule has 132 valence electrons. The average molecular weight is 356 g/mol. The molecule has 0 atom stereocenters. The fraction of sp³-hybridized carbons (Fsp3) is 0.0588. The van der Waals surface area contributed by atoms with E-state index in [0.29, 0.717) is 11.4 Å². The SMILES string of the molecule is O=C(/C=C/c1ccc([N+](=O)[O-])o1)Nc1ccn(Cc2ccccc2F)n1. The number of nitrogens with zero attached hydrogens (tertiary/aromatic N) is 3. The van der Waals surface area contributed by atoms with Crippen LogP contribution in [-0.4, -0.2) is 20.6 Å². The van der Waals surface area contributed by atoms with Crippen molar-refractivity contribution in [3.63, 3.8) is 0 Å². The first-order chi connectivity index (χ1) is 12.5. The molecule has 26 heavy (non-hydrogen) atoms. The molecule has 0 aliphatic rings. The van der Waals surface area contributed by atoms with Gasteiger partial charge in [-0.3, -0.25) is 19.6 Å². The lowest BCUT2D eigenvalue weighted by atomic mass is 10.2. The molecule has 0 unspecified atom stereocenters. The Hall–Kier alpha value is -3.75. The predicted molar refractivity (Wildman–Crippen MR) is 90.8 cm³/mol.